The molecule has 0 aliphatic rings. The van der Waals surface area contributed by atoms with Crippen molar-refractivity contribution in [3.63, 3.8) is 0 Å². The molecule has 0 radical (unpaired) electrons. The van der Waals surface area contributed by atoms with Gasteiger partial charge in [0.25, 0.3) is 0 Å². The number of benzene rings is 1. The van der Waals surface area contributed by atoms with Crippen molar-refractivity contribution < 1.29 is 26.0 Å². The number of sulfone groups is 1. The lowest BCUT2D eigenvalue weighted by molar-refractivity contribution is -0.141. The maximum absolute atomic E-state index is 14.2. The van der Waals surface area contributed by atoms with E-state index in [0.29, 0.717) is 5.56 Å². The molecule has 3 rings (SSSR count). The van der Waals surface area contributed by atoms with Crippen LogP contribution in [-0.2, 0) is 16.0 Å². The highest BCUT2D eigenvalue weighted by Gasteiger charge is 2.35. The minimum absolute atomic E-state index is 0.0457. The van der Waals surface area contributed by atoms with Crippen molar-refractivity contribution in [3.05, 3.63) is 59.8 Å². The highest BCUT2D eigenvalue weighted by molar-refractivity contribution is 7.90. The van der Waals surface area contributed by atoms with Gasteiger partial charge in [-0.25, -0.2) is 17.5 Å². The summed E-state index contributed by atoms with van der Waals surface area (Å²) in [5.74, 6) is -1.06. The zero-order valence-corrected chi connectivity index (χ0v) is 14.9. The van der Waals surface area contributed by atoms with Crippen LogP contribution in [0.1, 0.15) is 11.3 Å². The molecule has 142 valence electrons. The van der Waals surface area contributed by atoms with Gasteiger partial charge in [0.15, 0.2) is 15.5 Å². The fourth-order valence-electron chi connectivity index (χ4n) is 2.54. The van der Waals surface area contributed by atoms with Crippen LogP contribution in [0.15, 0.2) is 47.6 Å². The van der Waals surface area contributed by atoms with Gasteiger partial charge in [0, 0.05) is 18.0 Å². The van der Waals surface area contributed by atoms with Gasteiger partial charge in [0.05, 0.1) is 17.6 Å². The van der Waals surface area contributed by atoms with E-state index in [4.69, 9.17) is 0 Å². The van der Waals surface area contributed by atoms with E-state index in [1.54, 1.807) is 13.0 Å². The van der Waals surface area contributed by atoms with Crippen LogP contribution < -0.4 is 0 Å². The summed E-state index contributed by atoms with van der Waals surface area (Å²) in [5, 5.41) is 3.58. The minimum Gasteiger partial charge on any atom is -0.262 e. The molecule has 0 aliphatic carbocycles. The summed E-state index contributed by atoms with van der Waals surface area (Å²) in [4.78, 5) is 3.40. The van der Waals surface area contributed by atoms with Crippen molar-refractivity contribution in [2.45, 2.75) is 18.0 Å². The number of aromatic nitrogens is 3. The van der Waals surface area contributed by atoms with E-state index in [-0.39, 0.29) is 16.9 Å². The van der Waals surface area contributed by atoms with Crippen LogP contribution in [0, 0.1) is 12.7 Å². The number of aryl methyl sites for hydroxylation is 1. The summed E-state index contributed by atoms with van der Waals surface area (Å²) in [5.41, 5.74) is -0.209. The number of halogens is 4. The molecule has 5 nitrogen and oxygen atoms in total. The Hall–Kier alpha value is -2.75. The maximum Gasteiger partial charge on any atom is 0.435 e. The average molecular weight is 399 g/mol. The Morgan fingerprint density at radius 1 is 1.07 bits per heavy atom. The second-order valence-electron chi connectivity index (χ2n) is 5.96. The van der Waals surface area contributed by atoms with Gasteiger partial charge in [-0.2, -0.15) is 18.3 Å². The molecule has 2 heterocycles. The van der Waals surface area contributed by atoms with E-state index in [1.165, 1.54) is 18.5 Å². The summed E-state index contributed by atoms with van der Waals surface area (Å²) in [6, 6.07) is 5.46. The lowest BCUT2D eigenvalue weighted by atomic mass is 10.1. The van der Waals surface area contributed by atoms with Crippen molar-refractivity contribution in [1.29, 1.82) is 0 Å². The van der Waals surface area contributed by atoms with E-state index >= 15 is 0 Å². The second-order valence-corrected chi connectivity index (χ2v) is 7.95. The van der Waals surface area contributed by atoms with Crippen molar-refractivity contribution in [3.8, 4) is 16.9 Å². The molecule has 0 N–H and O–H groups in total. The molecule has 0 saturated heterocycles. The van der Waals surface area contributed by atoms with Gasteiger partial charge >= 0.3 is 6.18 Å². The quantitative estimate of drug-likeness (QED) is 0.629. The van der Waals surface area contributed by atoms with Crippen molar-refractivity contribution in [2.75, 3.05) is 6.26 Å². The number of hydrogen-bond acceptors (Lipinski definition) is 4. The van der Waals surface area contributed by atoms with Gasteiger partial charge in [0.1, 0.15) is 10.7 Å². The first-order valence-corrected chi connectivity index (χ1v) is 9.45. The molecule has 0 spiro atoms. The van der Waals surface area contributed by atoms with Crippen LogP contribution in [0.2, 0.25) is 0 Å². The highest BCUT2D eigenvalue weighted by Crippen LogP contribution is 2.34. The first-order chi connectivity index (χ1) is 12.5. The number of nitrogens with zero attached hydrogens (tertiary/aromatic N) is 3. The molecule has 0 aliphatic heterocycles. The van der Waals surface area contributed by atoms with Crippen molar-refractivity contribution in [2.24, 2.45) is 0 Å². The molecule has 0 amide bonds. The Bertz CT molecular complexity index is 1120. The first kappa shape index (κ1) is 19.0. The standard InChI is InChI=1S/C17H13F4N3O2S/c1-10-5-12(9-22-8-10)24-14(7-16(23-24)17(19,20)21)11-3-4-15(13(18)6-11)27(2,25)26/h3-9H,1-2H3. The Kier molecular flexibility index (Phi) is 4.54. The molecule has 0 atom stereocenters. The molecule has 0 fully saturated rings. The molecule has 0 saturated carbocycles. The maximum atomic E-state index is 14.2. The zero-order valence-electron chi connectivity index (χ0n) is 14.1. The predicted molar refractivity (Wildman–Crippen MR) is 89.6 cm³/mol. The molecule has 0 bridgehead atoms. The summed E-state index contributed by atoms with van der Waals surface area (Å²) < 4.78 is 77.8. The monoisotopic (exact) mass is 399 g/mol. The summed E-state index contributed by atoms with van der Waals surface area (Å²) >= 11 is 0. The smallest absolute Gasteiger partial charge is 0.262 e. The molecular formula is C17H13F4N3O2S. The van der Waals surface area contributed by atoms with Gasteiger partial charge in [-0.1, -0.05) is 6.07 Å². The Labute approximate surface area is 152 Å². The summed E-state index contributed by atoms with van der Waals surface area (Å²) in [7, 11) is -3.81. The van der Waals surface area contributed by atoms with Gasteiger partial charge in [-0.05, 0) is 36.8 Å². The van der Waals surface area contributed by atoms with Gasteiger partial charge in [-0.15, -0.1) is 0 Å². The normalized spacial score (nSPS) is 12.4. The van der Waals surface area contributed by atoms with E-state index in [0.717, 1.165) is 29.1 Å². The van der Waals surface area contributed by atoms with Crippen LogP contribution in [0.25, 0.3) is 16.9 Å². The van der Waals surface area contributed by atoms with Crippen LogP contribution in [-0.4, -0.2) is 29.4 Å². The van der Waals surface area contributed by atoms with E-state index in [1.807, 2.05) is 0 Å². The first-order valence-electron chi connectivity index (χ1n) is 7.56. The minimum atomic E-state index is -4.71. The topological polar surface area (TPSA) is 64.8 Å². The Balaban J connectivity index is 2.23. The third kappa shape index (κ3) is 3.85. The fourth-order valence-corrected chi connectivity index (χ4v) is 3.27. The average Bonchev–Trinajstić information content (AvgIpc) is 2.99. The molecule has 2 aromatic heterocycles. The van der Waals surface area contributed by atoms with Crippen molar-refractivity contribution in [1.82, 2.24) is 14.8 Å². The van der Waals surface area contributed by atoms with Gasteiger partial charge < -0.3 is 0 Å². The lowest BCUT2D eigenvalue weighted by Crippen LogP contribution is -2.07. The number of hydrogen-bond donors (Lipinski definition) is 0. The third-order valence-corrected chi connectivity index (χ3v) is 4.86. The van der Waals surface area contributed by atoms with E-state index in [9.17, 15) is 26.0 Å². The molecule has 3 aromatic rings. The second kappa shape index (κ2) is 6.45. The molecular weight excluding hydrogens is 386 g/mol. The number of alkyl halides is 3. The highest BCUT2D eigenvalue weighted by atomic mass is 32.2. The molecule has 1 aromatic carbocycles. The van der Waals surface area contributed by atoms with Gasteiger partial charge in [-0.3, -0.25) is 4.98 Å². The van der Waals surface area contributed by atoms with Crippen LogP contribution in [0.3, 0.4) is 0 Å². The van der Waals surface area contributed by atoms with Crippen LogP contribution >= 0.6 is 0 Å². The van der Waals surface area contributed by atoms with E-state index in [2.05, 4.69) is 10.1 Å². The van der Waals surface area contributed by atoms with Crippen molar-refractivity contribution >= 4 is 9.84 Å². The SMILES string of the molecule is Cc1cncc(-n2nc(C(F)(F)F)cc2-c2ccc(S(C)(=O)=O)c(F)c2)c1. The van der Waals surface area contributed by atoms with Crippen LogP contribution in [0.5, 0.6) is 0 Å². The third-order valence-electron chi connectivity index (χ3n) is 3.73. The molecule has 0 unspecified atom stereocenters. The Morgan fingerprint density at radius 3 is 2.33 bits per heavy atom. The summed E-state index contributed by atoms with van der Waals surface area (Å²) in [6.07, 6.45) is -1.01. The lowest BCUT2D eigenvalue weighted by Gasteiger charge is -2.09. The Morgan fingerprint density at radius 2 is 1.78 bits per heavy atom. The number of pyridine rings is 1. The van der Waals surface area contributed by atoms with E-state index < -0.39 is 32.4 Å². The number of rotatable bonds is 3. The van der Waals surface area contributed by atoms with Gasteiger partial charge in [0.2, 0.25) is 0 Å². The van der Waals surface area contributed by atoms with Crippen LogP contribution in [0.4, 0.5) is 17.6 Å². The molecule has 10 heteroatoms. The predicted octanol–water partition coefficient (Wildman–Crippen LogP) is 3.80. The largest absolute Gasteiger partial charge is 0.435 e. The zero-order chi connectivity index (χ0) is 20.0. The fraction of sp³-hybridized carbons (Fsp3) is 0.176. The summed E-state index contributed by atoms with van der Waals surface area (Å²) in [6.45, 7) is 1.71. The molecule has 27 heavy (non-hydrogen) atoms.